The van der Waals surface area contributed by atoms with Gasteiger partial charge in [-0.25, -0.2) is 0 Å². The van der Waals surface area contributed by atoms with Crippen molar-refractivity contribution in [1.29, 1.82) is 0 Å². The normalized spacial score (nSPS) is 19.1. The fourth-order valence-electron chi connectivity index (χ4n) is 2.98. The van der Waals surface area contributed by atoms with Gasteiger partial charge in [0, 0.05) is 30.6 Å². The van der Waals surface area contributed by atoms with Crippen LogP contribution >= 0.6 is 0 Å². The third-order valence-electron chi connectivity index (χ3n) is 4.17. The van der Waals surface area contributed by atoms with Gasteiger partial charge in [0.2, 0.25) is 0 Å². The van der Waals surface area contributed by atoms with Crippen LogP contribution in [0.25, 0.3) is 0 Å². The number of pyridine rings is 1. The van der Waals surface area contributed by atoms with E-state index in [1.165, 1.54) is 25.7 Å². The smallest absolute Gasteiger partial charge is 0.0939 e. The zero-order valence-corrected chi connectivity index (χ0v) is 11.9. The van der Waals surface area contributed by atoms with E-state index in [0.717, 1.165) is 11.3 Å². The van der Waals surface area contributed by atoms with E-state index in [9.17, 15) is 5.11 Å². The van der Waals surface area contributed by atoms with Gasteiger partial charge in [0.1, 0.15) is 0 Å². The van der Waals surface area contributed by atoms with E-state index >= 15 is 0 Å². The Bertz CT molecular complexity index is 556. The molecule has 1 unspecified atom stereocenters. The molecular weight excluding hydrogens is 250 g/mol. The van der Waals surface area contributed by atoms with Gasteiger partial charge in [-0.3, -0.25) is 9.67 Å². The molecule has 0 bridgehead atoms. The van der Waals surface area contributed by atoms with Gasteiger partial charge in [0.25, 0.3) is 0 Å². The van der Waals surface area contributed by atoms with Gasteiger partial charge >= 0.3 is 0 Å². The fourth-order valence-corrected chi connectivity index (χ4v) is 2.98. The van der Waals surface area contributed by atoms with E-state index in [0.29, 0.717) is 12.5 Å². The summed E-state index contributed by atoms with van der Waals surface area (Å²) in [6.07, 6.45) is 11.0. The highest BCUT2D eigenvalue weighted by atomic mass is 16.3. The van der Waals surface area contributed by atoms with E-state index < -0.39 is 5.60 Å². The first-order chi connectivity index (χ1) is 9.65. The van der Waals surface area contributed by atoms with Crippen LogP contribution in [-0.4, -0.2) is 19.9 Å². The average molecular weight is 271 g/mol. The van der Waals surface area contributed by atoms with Crippen LogP contribution in [0.5, 0.6) is 0 Å². The highest BCUT2D eigenvalue weighted by molar-refractivity contribution is 5.20. The first-order valence-electron chi connectivity index (χ1n) is 7.32. The highest BCUT2D eigenvalue weighted by Gasteiger charge is 2.25. The standard InChI is InChI=1S/C16H21N3O/c1-16(20,13-5-4-9-17-12-13)11-14-8-10-19(18-14)15-6-2-3-7-15/h4-5,8-10,12,15,20H,2-3,6-7,11H2,1H3. The minimum absolute atomic E-state index is 0.512. The van der Waals surface area contributed by atoms with Gasteiger partial charge in [-0.05, 0) is 31.9 Å². The van der Waals surface area contributed by atoms with Gasteiger partial charge in [-0.1, -0.05) is 18.9 Å². The predicted octanol–water partition coefficient (Wildman–Crippen LogP) is 2.84. The van der Waals surface area contributed by atoms with Gasteiger partial charge in [-0.2, -0.15) is 5.10 Å². The second kappa shape index (κ2) is 5.37. The topological polar surface area (TPSA) is 50.9 Å². The van der Waals surface area contributed by atoms with Crippen molar-refractivity contribution >= 4 is 0 Å². The Morgan fingerprint density at radius 2 is 2.15 bits per heavy atom. The maximum atomic E-state index is 10.6. The largest absolute Gasteiger partial charge is 0.385 e. The van der Waals surface area contributed by atoms with Crippen molar-refractivity contribution in [3.8, 4) is 0 Å². The molecule has 2 aromatic heterocycles. The Morgan fingerprint density at radius 1 is 1.35 bits per heavy atom. The Kier molecular flexibility index (Phi) is 3.57. The van der Waals surface area contributed by atoms with E-state index in [1.54, 1.807) is 12.4 Å². The highest BCUT2D eigenvalue weighted by Crippen LogP contribution is 2.29. The van der Waals surface area contributed by atoms with Crippen LogP contribution in [-0.2, 0) is 12.0 Å². The zero-order chi connectivity index (χ0) is 14.0. The van der Waals surface area contributed by atoms with Crippen molar-refractivity contribution in [2.75, 3.05) is 0 Å². The number of nitrogens with zero attached hydrogens (tertiary/aromatic N) is 3. The SMILES string of the molecule is CC(O)(Cc1ccn(C2CCCC2)n1)c1cccnc1. The molecule has 2 aromatic rings. The molecule has 1 aliphatic rings. The quantitative estimate of drug-likeness (QED) is 0.930. The molecule has 0 amide bonds. The van der Waals surface area contributed by atoms with Gasteiger partial charge in [0.05, 0.1) is 17.3 Å². The number of aromatic nitrogens is 3. The van der Waals surface area contributed by atoms with Crippen LogP contribution in [0.4, 0.5) is 0 Å². The van der Waals surface area contributed by atoms with E-state index in [2.05, 4.69) is 14.8 Å². The molecule has 1 fully saturated rings. The first kappa shape index (κ1) is 13.3. The van der Waals surface area contributed by atoms with Crippen LogP contribution in [0.1, 0.15) is 49.9 Å². The monoisotopic (exact) mass is 271 g/mol. The number of hydrogen-bond donors (Lipinski definition) is 1. The summed E-state index contributed by atoms with van der Waals surface area (Å²) < 4.78 is 2.07. The Balaban J connectivity index is 1.74. The van der Waals surface area contributed by atoms with E-state index in [1.807, 2.05) is 31.3 Å². The lowest BCUT2D eigenvalue weighted by Gasteiger charge is -2.22. The van der Waals surface area contributed by atoms with Crippen LogP contribution in [0, 0.1) is 0 Å². The molecule has 1 N–H and O–H groups in total. The molecule has 4 nitrogen and oxygen atoms in total. The molecule has 0 aromatic carbocycles. The third-order valence-corrected chi connectivity index (χ3v) is 4.17. The molecule has 0 aliphatic heterocycles. The second-order valence-electron chi connectivity index (χ2n) is 5.92. The lowest BCUT2D eigenvalue weighted by atomic mass is 9.92. The average Bonchev–Trinajstić information content (AvgIpc) is 3.10. The van der Waals surface area contributed by atoms with Crippen molar-refractivity contribution in [2.45, 2.75) is 50.7 Å². The van der Waals surface area contributed by atoms with Crippen LogP contribution in [0.15, 0.2) is 36.8 Å². The first-order valence-corrected chi connectivity index (χ1v) is 7.32. The lowest BCUT2D eigenvalue weighted by Crippen LogP contribution is -2.24. The molecule has 0 radical (unpaired) electrons. The number of hydrogen-bond acceptors (Lipinski definition) is 3. The summed E-state index contributed by atoms with van der Waals surface area (Å²) in [5.74, 6) is 0. The van der Waals surface area contributed by atoms with Crippen LogP contribution in [0.3, 0.4) is 0 Å². The Morgan fingerprint density at radius 3 is 2.85 bits per heavy atom. The van der Waals surface area contributed by atoms with Crippen molar-refractivity contribution in [2.24, 2.45) is 0 Å². The summed E-state index contributed by atoms with van der Waals surface area (Å²) in [5.41, 5.74) is 0.838. The van der Waals surface area contributed by atoms with Crippen LogP contribution in [0.2, 0.25) is 0 Å². The second-order valence-corrected chi connectivity index (χ2v) is 5.92. The minimum atomic E-state index is -0.927. The molecule has 20 heavy (non-hydrogen) atoms. The van der Waals surface area contributed by atoms with E-state index in [4.69, 9.17) is 0 Å². The summed E-state index contributed by atoms with van der Waals surface area (Å²) in [5, 5.41) is 15.3. The minimum Gasteiger partial charge on any atom is -0.385 e. The van der Waals surface area contributed by atoms with Crippen molar-refractivity contribution in [3.05, 3.63) is 48.0 Å². The zero-order valence-electron chi connectivity index (χ0n) is 11.9. The summed E-state index contributed by atoms with van der Waals surface area (Å²) in [6.45, 7) is 1.82. The molecule has 1 saturated carbocycles. The summed E-state index contributed by atoms with van der Waals surface area (Å²) in [4.78, 5) is 4.08. The maximum absolute atomic E-state index is 10.6. The van der Waals surface area contributed by atoms with Gasteiger partial charge in [-0.15, -0.1) is 0 Å². The van der Waals surface area contributed by atoms with Gasteiger partial charge < -0.3 is 5.11 Å². The lowest BCUT2D eigenvalue weighted by molar-refractivity contribution is 0.0560. The van der Waals surface area contributed by atoms with Gasteiger partial charge in [0.15, 0.2) is 0 Å². The maximum Gasteiger partial charge on any atom is 0.0939 e. The molecular formula is C16H21N3O. The third kappa shape index (κ3) is 2.75. The Hall–Kier alpha value is -1.68. The molecule has 1 atom stereocenters. The number of aliphatic hydroxyl groups is 1. The van der Waals surface area contributed by atoms with Crippen LogP contribution < -0.4 is 0 Å². The molecule has 106 valence electrons. The Labute approximate surface area is 119 Å². The summed E-state index contributed by atoms with van der Waals surface area (Å²) >= 11 is 0. The molecule has 0 saturated heterocycles. The molecule has 0 spiro atoms. The van der Waals surface area contributed by atoms with Crippen molar-refractivity contribution in [1.82, 2.24) is 14.8 Å². The molecule has 3 rings (SSSR count). The molecule has 4 heteroatoms. The van der Waals surface area contributed by atoms with Crippen molar-refractivity contribution in [3.63, 3.8) is 0 Å². The van der Waals surface area contributed by atoms with Crippen molar-refractivity contribution < 1.29 is 5.11 Å². The molecule has 1 aliphatic carbocycles. The predicted molar refractivity (Wildman–Crippen MR) is 77.2 cm³/mol. The van der Waals surface area contributed by atoms with E-state index in [-0.39, 0.29) is 0 Å². The molecule has 2 heterocycles. The summed E-state index contributed by atoms with van der Waals surface area (Å²) in [6, 6.07) is 6.32. The summed E-state index contributed by atoms with van der Waals surface area (Å²) in [7, 11) is 0. The fraction of sp³-hybridized carbons (Fsp3) is 0.500. The number of rotatable bonds is 4.